The minimum Gasteiger partial charge on any atom is -0.266 e. The first kappa shape index (κ1) is 14.0. The smallest absolute Gasteiger partial charge is 0.146 e. The van der Waals surface area contributed by atoms with Crippen molar-refractivity contribution < 1.29 is 0 Å². The van der Waals surface area contributed by atoms with Gasteiger partial charge in [0.15, 0.2) is 0 Å². The van der Waals surface area contributed by atoms with Crippen LogP contribution in [0.15, 0.2) is 54.7 Å². The van der Waals surface area contributed by atoms with Crippen molar-refractivity contribution in [2.45, 2.75) is 38.8 Å². The highest BCUT2D eigenvalue weighted by atomic mass is 28.3. The zero-order valence-electron chi connectivity index (χ0n) is 12.3. The molecular weight excluding hydrogens is 246 g/mol. The fraction of sp³-hybridized carbons (Fsp3) is 0.353. The Morgan fingerprint density at radius 2 is 1.37 bits per heavy atom. The third-order valence-corrected chi connectivity index (χ3v) is 10.2. The Bertz CT molecular complexity index is 456. The van der Waals surface area contributed by atoms with E-state index < -0.39 is 8.07 Å². The van der Waals surface area contributed by atoms with Crippen LogP contribution < -0.4 is 10.5 Å². The second kappa shape index (κ2) is 5.70. The van der Waals surface area contributed by atoms with E-state index in [2.05, 4.69) is 70.2 Å². The minimum atomic E-state index is -1.81. The largest absolute Gasteiger partial charge is 0.266 e. The lowest BCUT2D eigenvalue weighted by Gasteiger charge is -2.39. The molecule has 19 heavy (non-hydrogen) atoms. The second-order valence-corrected chi connectivity index (χ2v) is 10.9. The molecule has 0 aliphatic carbocycles. The summed E-state index contributed by atoms with van der Waals surface area (Å²) in [5, 5.41) is 2.81. The van der Waals surface area contributed by atoms with Gasteiger partial charge in [-0.1, -0.05) is 69.3 Å². The lowest BCUT2D eigenvalue weighted by atomic mass is 10.4. The highest BCUT2D eigenvalue weighted by Gasteiger charge is 2.44. The second-order valence-electron chi connectivity index (χ2n) is 5.76. The van der Waals surface area contributed by atoms with Gasteiger partial charge in [-0.25, -0.2) is 0 Å². The van der Waals surface area contributed by atoms with Gasteiger partial charge in [0.05, 0.1) is 0 Å². The van der Waals surface area contributed by atoms with Gasteiger partial charge in [0.25, 0.3) is 0 Å². The Balaban J connectivity index is 2.69. The maximum atomic E-state index is 4.73. The zero-order chi connectivity index (χ0) is 13.9. The molecule has 1 aromatic heterocycles. The molecule has 0 saturated carbocycles. The molecular formula is C17H23NSi. The van der Waals surface area contributed by atoms with Crippen LogP contribution in [0.25, 0.3) is 0 Å². The van der Waals surface area contributed by atoms with E-state index in [1.807, 2.05) is 12.3 Å². The molecule has 2 rings (SSSR count). The summed E-state index contributed by atoms with van der Waals surface area (Å²) < 4.78 is 0. The van der Waals surface area contributed by atoms with Crippen LogP contribution in [0, 0.1) is 0 Å². The Morgan fingerprint density at radius 3 is 1.84 bits per heavy atom. The summed E-state index contributed by atoms with van der Waals surface area (Å²) in [6.07, 6.45) is 1.94. The summed E-state index contributed by atoms with van der Waals surface area (Å²) in [5.74, 6) is 0. The zero-order valence-corrected chi connectivity index (χ0v) is 13.3. The van der Waals surface area contributed by atoms with Gasteiger partial charge in [-0.3, -0.25) is 4.98 Å². The number of aromatic nitrogens is 1. The summed E-state index contributed by atoms with van der Waals surface area (Å²) >= 11 is 0. The average Bonchev–Trinajstić information content (AvgIpc) is 2.41. The van der Waals surface area contributed by atoms with Crippen molar-refractivity contribution in [2.24, 2.45) is 0 Å². The molecule has 0 bridgehead atoms. The first-order valence-electron chi connectivity index (χ1n) is 7.07. The summed E-state index contributed by atoms with van der Waals surface area (Å²) in [6.45, 7) is 9.42. The average molecular weight is 269 g/mol. The van der Waals surface area contributed by atoms with E-state index in [0.717, 1.165) is 0 Å². The Kier molecular flexibility index (Phi) is 4.20. The number of hydrogen-bond acceptors (Lipinski definition) is 1. The number of pyridine rings is 1. The Labute approximate surface area is 117 Å². The summed E-state index contributed by atoms with van der Waals surface area (Å²) in [4.78, 5) is 4.73. The lowest BCUT2D eigenvalue weighted by molar-refractivity contribution is 0.923. The van der Waals surface area contributed by atoms with E-state index in [9.17, 15) is 0 Å². The maximum absolute atomic E-state index is 4.73. The van der Waals surface area contributed by atoms with E-state index in [-0.39, 0.29) is 0 Å². The molecule has 0 atom stereocenters. The van der Waals surface area contributed by atoms with Gasteiger partial charge < -0.3 is 0 Å². The molecule has 0 radical (unpaired) electrons. The number of hydrogen-bond donors (Lipinski definition) is 0. The highest BCUT2D eigenvalue weighted by molar-refractivity contribution is 7.03. The molecule has 0 aliphatic rings. The third-order valence-electron chi connectivity index (χ3n) is 4.16. The molecule has 2 heteroatoms. The van der Waals surface area contributed by atoms with Crippen molar-refractivity contribution in [1.29, 1.82) is 0 Å². The molecule has 2 aromatic rings. The summed E-state index contributed by atoms with van der Waals surface area (Å²) in [7, 11) is -1.81. The van der Waals surface area contributed by atoms with Crippen LogP contribution in [0.2, 0.25) is 11.1 Å². The fourth-order valence-corrected chi connectivity index (χ4v) is 8.94. The minimum absolute atomic E-state index is 0.629. The molecule has 0 unspecified atom stereocenters. The predicted octanol–water partition coefficient (Wildman–Crippen LogP) is 3.46. The molecule has 0 spiro atoms. The number of nitrogens with zero attached hydrogens (tertiary/aromatic N) is 1. The quantitative estimate of drug-likeness (QED) is 0.775. The highest BCUT2D eigenvalue weighted by Crippen LogP contribution is 2.31. The van der Waals surface area contributed by atoms with Crippen LogP contribution >= 0.6 is 0 Å². The van der Waals surface area contributed by atoms with E-state index in [1.165, 1.54) is 10.5 Å². The lowest BCUT2D eigenvalue weighted by Crippen LogP contribution is -2.63. The van der Waals surface area contributed by atoms with Gasteiger partial charge in [-0.15, -0.1) is 0 Å². The van der Waals surface area contributed by atoms with Crippen molar-refractivity contribution in [2.75, 3.05) is 0 Å². The van der Waals surface area contributed by atoms with Gasteiger partial charge >= 0.3 is 0 Å². The standard InChI is InChI=1S/C17H23NSi/c1-14(2)19(15(3)4,16-10-6-5-7-11-16)17-12-8-9-13-18-17/h5-15H,1-4H3. The maximum Gasteiger partial charge on any atom is 0.146 e. The SMILES string of the molecule is CC(C)[Si](c1ccccc1)(c1ccccn1)C(C)C. The Hall–Kier alpha value is -1.41. The van der Waals surface area contributed by atoms with E-state index >= 15 is 0 Å². The molecule has 0 amide bonds. The summed E-state index contributed by atoms with van der Waals surface area (Å²) in [6, 6.07) is 17.4. The molecule has 0 saturated heterocycles. The molecule has 0 fully saturated rings. The third kappa shape index (κ3) is 2.37. The van der Waals surface area contributed by atoms with Crippen LogP contribution in [0.3, 0.4) is 0 Å². The summed E-state index contributed by atoms with van der Waals surface area (Å²) in [5.41, 5.74) is 1.26. The monoisotopic (exact) mass is 269 g/mol. The molecule has 1 nitrogen and oxygen atoms in total. The molecule has 1 aromatic carbocycles. The van der Waals surface area contributed by atoms with Crippen LogP contribution in [0.5, 0.6) is 0 Å². The fourth-order valence-electron chi connectivity index (χ4n) is 3.39. The molecule has 0 aliphatic heterocycles. The topological polar surface area (TPSA) is 12.9 Å². The predicted molar refractivity (Wildman–Crippen MR) is 85.9 cm³/mol. The van der Waals surface area contributed by atoms with Crippen molar-refractivity contribution >= 4 is 18.6 Å². The van der Waals surface area contributed by atoms with Gasteiger partial charge in [0.2, 0.25) is 0 Å². The van der Waals surface area contributed by atoms with E-state index in [0.29, 0.717) is 11.1 Å². The van der Waals surface area contributed by atoms with Crippen LogP contribution in [0.1, 0.15) is 27.7 Å². The number of benzene rings is 1. The molecule has 100 valence electrons. The van der Waals surface area contributed by atoms with Gasteiger partial charge in [-0.2, -0.15) is 0 Å². The molecule has 0 N–H and O–H groups in total. The van der Waals surface area contributed by atoms with Crippen molar-refractivity contribution in [3.05, 3.63) is 54.7 Å². The number of rotatable bonds is 4. The van der Waals surface area contributed by atoms with Crippen LogP contribution in [-0.4, -0.2) is 13.1 Å². The van der Waals surface area contributed by atoms with E-state index in [1.54, 1.807) is 0 Å². The molecule has 1 heterocycles. The van der Waals surface area contributed by atoms with Crippen molar-refractivity contribution in [1.82, 2.24) is 4.98 Å². The van der Waals surface area contributed by atoms with Crippen molar-refractivity contribution in [3.63, 3.8) is 0 Å². The first-order chi connectivity index (χ1) is 9.10. The van der Waals surface area contributed by atoms with Crippen LogP contribution in [0.4, 0.5) is 0 Å². The first-order valence-corrected chi connectivity index (χ1v) is 9.22. The van der Waals surface area contributed by atoms with E-state index in [4.69, 9.17) is 4.98 Å². The van der Waals surface area contributed by atoms with Crippen LogP contribution in [-0.2, 0) is 0 Å². The normalized spacial score (nSPS) is 12.1. The van der Waals surface area contributed by atoms with Gasteiger partial charge in [0.1, 0.15) is 8.07 Å². The van der Waals surface area contributed by atoms with Gasteiger partial charge in [-0.05, 0) is 23.2 Å². The van der Waals surface area contributed by atoms with Crippen molar-refractivity contribution in [3.8, 4) is 0 Å². The van der Waals surface area contributed by atoms with Gasteiger partial charge in [0, 0.05) is 11.5 Å². The Morgan fingerprint density at radius 1 is 0.789 bits per heavy atom.